The normalized spacial score (nSPS) is 18.0. The number of halogens is 3. The fourth-order valence-corrected chi connectivity index (χ4v) is 7.30. The fraction of sp³-hybridized carbons (Fsp3) is 0.343. The first-order valence-corrected chi connectivity index (χ1v) is 15.7. The summed E-state index contributed by atoms with van der Waals surface area (Å²) in [6.07, 6.45) is 3.08. The monoisotopic (exact) mass is 645 g/mol. The highest BCUT2D eigenvalue weighted by atomic mass is 19.1. The SMILES string of the molecule is C=CC(=O)N1C[C@@H]2CN(CCCO)c3c(c4cc(F)c5c(F)c4n(c3=O)c3c(C(C)C)nccc3oc3cccc(F)c35)N2C[C@H]1C. The first-order chi connectivity index (χ1) is 22.6. The number of aliphatic hydroxyl groups is 1. The van der Waals surface area contributed by atoms with Gasteiger partial charge in [0.2, 0.25) is 5.91 Å². The molecule has 2 aromatic carbocycles. The summed E-state index contributed by atoms with van der Waals surface area (Å²) in [6.45, 7) is 10.3. The van der Waals surface area contributed by atoms with Crippen molar-refractivity contribution in [3.8, 4) is 0 Å². The molecule has 2 aliphatic heterocycles. The Balaban J connectivity index is 1.73. The molecule has 2 aliphatic rings. The lowest BCUT2D eigenvalue weighted by Crippen LogP contribution is -2.64. The van der Waals surface area contributed by atoms with Crippen LogP contribution in [0.3, 0.4) is 0 Å². The highest BCUT2D eigenvalue weighted by Crippen LogP contribution is 2.44. The molecule has 9 nitrogen and oxygen atoms in total. The minimum absolute atomic E-state index is 0.108. The average molecular weight is 646 g/mol. The zero-order chi connectivity index (χ0) is 33.3. The number of hydrogen-bond acceptors (Lipinski definition) is 7. The largest absolute Gasteiger partial charge is 0.454 e. The van der Waals surface area contributed by atoms with Gasteiger partial charge < -0.3 is 24.2 Å². The van der Waals surface area contributed by atoms with Gasteiger partial charge >= 0.3 is 0 Å². The van der Waals surface area contributed by atoms with Crippen LogP contribution in [0.1, 0.15) is 38.8 Å². The summed E-state index contributed by atoms with van der Waals surface area (Å²) < 4.78 is 56.7. The molecule has 5 heterocycles. The number of aromatic nitrogens is 2. The van der Waals surface area contributed by atoms with Gasteiger partial charge in [-0.05, 0) is 43.5 Å². The summed E-state index contributed by atoms with van der Waals surface area (Å²) in [7, 11) is 0. The molecule has 2 bridgehead atoms. The topological polar surface area (TPSA) is 94.5 Å². The summed E-state index contributed by atoms with van der Waals surface area (Å²) in [4.78, 5) is 37.9. The van der Waals surface area contributed by atoms with Crippen LogP contribution in [-0.4, -0.2) is 70.2 Å². The van der Waals surface area contributed by atoms with Crippen LogP contribution in [0.2, 0.25) is 0 Å². The lowest BCUT2D eigenvalue weighted by atomic mass is 9.97. The van der Waals surface area contributed by atoms with Gasteiger partial charge in [-0.3, -0.25) is 19.0 Å². The van der Waals surface area contributed by atoms with Crippen LogP contribution >= 0.6 is 0 Å². The van der Waals surface area contributed by atoms with E-state index in [0.717, 1.165) is 12.1 Å². The van der Waals surface area contributed by atoms with Crippen molar-refractivity contribution in [2.24, 2.45) is 0 Å². The van der Waals surface area contributed by atoms with Crippen LogP contribution < -0.4 is 15.4 Å². The molecular formula is C35H34F3N5O4. The van der Waals surface area contributed by atoms with E-state index in [9.17, 15) is 9.90 Å². The first kappa shape index (κ1) is 30.8. The van der Waals surface area contributed by atoms with Crippen molar-refractivity contribution in [3.05, 3.63) is 82.7 Å². The molecule has 1 N–H and O–H groups in total. The molecule has 1 amide bonds. The quantitative estimate of drug-likeness (QED) is 0.247. The number of piperazine rings is 1. The van der Waals surface area contributed by atoms with E-state index in [2.05, 4.69) is 11.6 Å². The van der Waals surface area contributed by atoms with E-state index in [1.54, 1.807) is 4.90 Å². The van der Waals surface area contributed by atoms with Crippen LogP contribution in [0.15, 0.2) is 58.4 Å². The van der Waals surface area contributed by atoms with Crippen molar-refractivity contribution in [3.63, 3.8) is 0 Å². The highest BCUT2D eigenvalue weighted by molar-refractivity contribution is 6.07. The molecule has 1 fully saturated rings. The number of carbonyl (C=O) groups excluding carboxylic acids is 1. The lowest BCUT2D eigenvalue weighted by molar-refractivity contribution is -0.128. The molecule has 0 aliphatic carbocycles. The van der Waals surface area contributed by atoms with Crippen molar-refractivity contribution < 1.29 is 27.5 Å². The third-order valence-electron chi connectivity index (χ3n) is 9.35. The van der Waals surface area contributed by atoms with Gasteiger partial charge in [-0.2, -0.15) is 0 Å². The summed E-state index contributed by atoms with van der Waals surface area (Å²) >= 11 is 0. The molecular weight excluding hydrogens is 611 g/mol. The molecule has 7 rings (SSSR count). The summed E-state index contributed by atoms with van der Waals surface area (Å²) in [5.41, 5.74) is 0.312. The van der Waals surface area contributed by atoms with Gasteiger partial charge in [0, 0.05) is 56.5 Å². The Morgan fingerprint density at radius 3 is 2.60 bits per heavy atom. The second-order valence-corrected chi connectivity index (χ2v) is 12.6. The van der Waals surface area contributed by atoms with Crippen molar-refractivity contribution in [1.29, 1.82) is 0 Å². The summed E-state index contributed by atoms with van der Waals surface area (Å²) in [6, 6.07) is 5.94. The molecule has 47 heavy (non-hydrogen) atoms. The van der Waals surface area contributed by atoms with Crippen molar-refractivity contribution in [2.75, 3.05) is 42.6 Å². The van der Waals surface area contributed by atoms with Gasteiger partial charge in [0.25, 0.3) is 5.56 Å². The molecule has 244 valence electrons. The zero-order valence-electron chi connectivity index (χ0n) is 26.3. The van der Waals surface area contributed by atoms with Crippen LogP contribution in [0.25, 0.3) is 38.4 Å². The predicted molar refractivity (Wildman–Crippen MR) is 175 cm³/mol. The van der Waals surface area contributed by atoms with Crippen molar-refractivity contribution in [2.45, 2.75) is 45.2 Å². The fourth-order valence-electron chi connectivity index (χ4n) is 7.30. The zero-order valence-corrected chi connectivity index (χ0v) is 26.3. The predicted octanol–water partition coefficient (Wildman–Crippen LogP) is 5.64. The number of aliphatic hydroxyl groups excluding tert-OH is 1. The molecule has 1 saturated heterocycles. The Morgan fingerprint density at radius 2 is 1.87 bits per heavy atom. The molecule has 0 saturated carbocycles. The van der Waals surface area contributed by atoms with Crippen LogP contribution in [-0.2, 0) is 4.79 Å². The number of benzene rings is 2. The van der Waals surface area contributed by atoms with Crippen LogP contribution in [0.5, 0.6) is 0 Å². The number of pyridine rings is 2. The Hall–Kier alpha value is -4.84. The lowest BCUT2D eigenvalue weighted by Gasteiger charge is -2.51. The number of nitrogens with zero attached hydrogens (tertiary/aromatic N) is 5. The van der Waals surface area contributed by atoms with Crippen molar-refractivity contribution >= 4 is 55.6 Å². The molecule has 0 radical (unpaired) electrons. The molecule has 0 unspecified atom stereocenters. The smallest absolute Gasteiger partial charge is 0.281 e. The van der Waals surface area contributed by atoms with Crippen LogP contribution in [0.4, 0.5) is 24.5 Å². The average Bonchev–Trinajstić information content (AvgIpc) is 3.08. The number of amides is 1. The third kappa shape index (κ3) is 4.60. The number of hydrogen-bond donors (Lipinski definition) is 1. The van der Waals surface area contributed by atoms with E-state index in [1.807, 2.05) is 30.6 Å². The molecule has 0 spiro atoms. The Labute approximate surface area is 267 Å². The van der Waals surface area contributed by atoms with E-state index < -0.39 is 33.8 Å². The molecule has 2 atom stereocenters. The maximum atomic E-state index is 17.3. The maximum absolute atomic E-state index is 17.3. The van der Waals surface area contributed by atoms with Gasteiger partial charge in [-0.1, -0.05) is 26.5 Å². The number of fused-ring (bicyclic) bond motifs is 9. The maximum Gasteiger partial charge on any atom is 0.281 e. The number of carbonyl (C=O) groups is 1. The van der Waals surface area contributed by atoms with E-state index in [1.165, 1.54) is 34.9 Å². The summed E-state index contributed by atoms with van der Waals surface area (Å²) in [5.74, 6) is -3.52. The van der Waals surface area contributed by atoms with E-state index in [4.69, 9.17) is 4.42 Å². The van der Waals surface area contributed by atoms with E-state index in [-0.39, 0.29) is 83.4 Å². The molecule has 3 aromatic heterocycles. The molecule has 5 aromatic rings. The number of rotatable bonds is 5. The second kappa shape index (κ2) is 11.4. The van der Waals surface area contributed by atoms with Crippen LogP contribution in [0, 0.1) is 17.5 Å². The van der Waals surface area contributed by atoms with Gasteiger partial charge in [0.05, 0.1) is 33.7 Å². The van der Waals surface area contributed by atoms with E-state index in [0.29, 0.717) is 24.3 Å². The Kier molecular flexibility index (Phi) is 7.50. The van der Waals surface area contributed by atoms with E-state index >= 15 is 18.0 Å². The summed E-state index contributed by atoms with van der Waals surface area (Å²) in [5, 5.41) is 8.84. The highest BCUT2D eigenvalue weighted by Gasteiger charge is 2.42. The Morgan fingerprint density at radius 1 is 1.09 bits per heavy atom. The first-order valence-electron chi connectivity index (χ1n) is 15.7. The standard InChI is InChI=1S/C35H34F3N5O4/c1-5-26(45)41-17-20-16-40(12-7-13-44)34-32(42(20)15-19(41)4)21-14-23(37)28-27-22(36)8-6-9-24(27)47-25-10-11-39-30(18(2)3)33(25)43(35(34)46)31(21)29(28)38/h5-6,8-11,14,18-20,44H,1,7,12-13,15-17H2,2-4H3/t19-,20+/m1/s1. The Bertz CT molecular complexity index is 2210. The van der Waals surface area contributed by atoms with Crippen molar-refractivity contribution in [1.82, 2.24) is 14.3 Å². The third-order valence-corrected chi connectivity index (χ3v) is 9.35. The van der Waals surface area contributed by atoms with Gasteiger partial charge in [-0.25, -0.2) is 13.2 Å². The van der Waals surface area contributed by atoms with Gasteiger partial charge in [-0.15, -0.1) is 0 Å². The number of anilines is 2. The minimum Gasteiger partial charge on any atom is -0.454 e. The second-order valence-electron chi connectivity index (χ2n) is 12.6. The van der Waals surface area contributed by atoms with Gasteiger partial charge in [0.1, 0.15) is 28.4 Å². The molecule has 12 heteroatoms. The minimum atomic E-state index is -1.11. The van der Waals surface area contributed by atoms with Gasteiger partial charge in [0.15, 0.2) is 11.4 Å².